The molecule has 1 aromatic rings. The predicted molar refractivity (Wildman–Crippen MR) is 53.1 cm³/mol. The van der Waals surface area contributed by atoms with Crippen LogP contribution in [0.1, 0.15) is 22.8 Å². The largest absolute Gasteiger partial charge is 0.392 e. The van der Waals surface area contributed by atoms with Gasteiger partial charge in [-0.3, -0.25) is 4.79 Å². The third-order valence-electron chi connectivity index (χ3n) is 1.66. The Kier molecular flexibility index (Phi) is 3.45. The van der Waals surface area contributed by atoms with Crippen molar-refractivity contribution in [1.29, 1.82) is 0 Å². The molecular formula is C9H13NO2S. The molecule has 72 valence electrons. The molecule has 0 aliphatic rings. The summed E-state index contributed by atoms with van der Waals surface area (Å²) in [5.74, 6) is -0.111. The molecule has 13 heavy (non-hydrogen) atoms. The first-order valence-corrected chi connectivity index (χ1v) is 5.04. The van der Waals surface area contributed by atoms with E-state index in [0.717, 1.165) is 5.56 Å². The maximum atomic E-state index is 11.4. The molecule has 1 heterocycles. The van der Waals surface area contributed by atoms with Crippen LogP contribution in [-0.4, -0.2) is 23.7 Å². The van der Waals surface area contributed by atoms with Crippen molar-refractivity contribution in [1.82, 2.24) is 5.32 Å². The molecular weight excluding hydrogens is 186 g/mol. The average molecular weight is 199 g/mol. The molecule has 0 radical (unpaired) electrons. The van der Waals surface area contributed by atoms with Crippen molar-refractivity contribution in [2.75, 3.05) is 6.54 Å². The molecule has 0 fully saturated rings. The predicted octanol–water partition coefficient (Wildman–Crippen LogP) is 1.17. The zero-order valence-electron chi connectivity index (χ0n) is 7.70. The third kappa shape index (κ3) is 2.82. The van der Waals surface area contributed by atoms with E-state index in [1.54, 1.807) is 6.92 Å². The molecule has 1 rings (SSSR count). The minimum atomic E-state index is -0.497. The van der Waals surface area contributed by atoms with Gasteiger partial charge in [0.15, 0.2) is 0 Å². The van der Waals surface area contributed by atoms with Crippen LogP contribution in [0.25, 0.3) is 0 Å². The Morgan fingerprint density at radius 3 is 2.85 bits per heavy atom. The highest BCUT2D eigenvalue weighted by Gasteiger charge is 2.09. The van der Waals surface area contributed by atoms with Crippen molar-refractivity contribution in [3.63, 3.8) is 0 Å². The molecule has 1 aromatic heterocycles. The number of aliphatic hydroxyl groups is 1. The van der Waals surface area contributed by atoms with Crippen molar-refractivity contribution >= 4 is 17.2 Å². The van der Waals surface area contributed by atoms with Crippen LogP contribution in [0.2, 0.25) is 0 Å². The van der Waals surface area contributed by atoms with Crippen molar-refractivity contribution < 1.29 is 9.90 Å². The summed E-state index contributed by atoms with van der Waals surface area (Å²) >= 11 is 1.51. The fourth-order valence-corrected chi connectivity index (χ4v) is 1.76. The Morgan fingerprint density at radius 1 is 1.69 bits per heavy atom. The van der Waals surface area contributed by atoms with Gasteiger partial charge in [-0.05, 0) is 24.8 Å². The third-order valence-corrected chi connectivity index (χ3v) is 2.52. The summed E-state index contributed by atoms with van der Waals surface area (Å²) < 4.78 is 0. The van der Waals surface area contributed by atoms with Gasteiger partial charge in [-0.15, -0.1) is 0 Å². The normalized spacial score (nSPS) is 12.5. The fourth-order valence-electron chi connectivity index (χ4n) is 0.929. The van der Waals surface area contributed by atoms with E-state index in [-0.39, 0.29) is 5.91 Å². The summed E-state index contributed by atoms with van der Waals surface area (Å²) in [7, 11) is 0. The standard InChI is InChI=1S/C9H13NO2S/c1-6-4-13-5-8(6)9(12)10-3-7(2)11/h4-5,7,11H,3H2,1-2H3,(H,10,12)/t7-/m0/s1. The van der Waals surface area contributed by atoms with Crippen molar-refractivity contribution in [3.05, 3.63) is 21.9 Å². The maximum absolute atomic E-state index is 11.4. The monoisotopic (exact) mass is 199 g/mol. The van der Waals surface area contributed by atoms with Gasteiger partial charge in [-0.2, -0.15) is 11.3 Å². The number of carbonyl (C=O) groups is 1. The quantitative estimate of drug-likeness (QED) is 0.767. The highest BCUT2D eigenvalue weighted by molar-refractivity contribution is 7.08. The van der Waals surface area contributed by atoms with Gasteiger partial charge in [-0.1, -0.05) is 0 Å². The smallest absolute Gasteiger partial charge is 0.252 e. The molecule has 2 N–H and O–H groups in total. The van der Waals surface area contributed by atoms with Crippen LogP contribution in [0.5, 0.6) is 0 Å². The highest BCUT2D eigenvalue weighted by Crippen LogP contribution is 2.12. The summed E-state index contributed by atoms with van der Waals surface area (Å²) in [6.45, 7) is 3.84. The summed E-state index contributed by atoms with van der Waals surface area (Å²) in [5.41, 5.74) is 1.68. The number of hydrogen-bond donors (Lipinski definition) is 2. The fraction of sp³-hybridized carbons (Fsp3) is 0.444. The van der Waals surface area contributed by atoms with Crippen LogP contribution in [0, 0.1) is 6.92 Å². The Morgan fingerprint density at radius 2 is 2.38 bits per heavy atom. The number of hydrogen-bond acceptors (Lipinski definition) is 3. The van der Waals surface area contributed by atoms with E-state index in [2.05, 4.69) is 5.32 Å². The van der Waals surface area contributed by atoms with Crippen LogP contribution >= 0.6 is 11.3 Å². The number of aryl methyl sites for hydroxylation is 1. The lowest BCUT2D eigenvalue weighted by atomic mass is 10.2. The van der Waals surface area contributed by atoms with Gasteiger partial charge in [0.25, 0.3) is 5.91 Å². The van der Waals surface area contributed by atoms with Gasteiger partial charge >= 0.3 is 0 Å². The maximum Gasteiger partial charge on any atom is 0.252 e. The van der Waals surface area contributed by atoms with Crippen LogP contribution in [0.15, 0.2) is 10.8 Å². The molecule has 0 bridgehead atoms. The summed E-state index contributed by atoms with van der Waals surface area (Å²) in [4.78, 5) is 11.4. The molecule has 1 amide bonds. The number of nitrogens with one attached hydrogen (secondary N) is 1. The first-order chi connectivity index (χ1) is 6.11. The van der Waals surface area contributed by atoms with E-state index < -0.39 is 6.10 Å². The molecule has 1 atom stereocenters. The van der Waals surface area contributed by atoms with Gasteiger partial charge in [0.1, 0.15) is 0 Å². The molecule has 3 nitrogen and oxygen atoms in total. The zero-order valence-corrected chi connectivity index (χ0v) is 8.52. The lowest BCUT2D eigenvalue weighted by Gasteiger charge is -2.06. The average Bonchev–Trinajstić information content (AvgIpc) is 2.47. The van der Waals surface area contributed by atoms with Crippen LogP contribution in [-0.2, 0) is 0 Å². The Balaban J connectivity index is 2.54. The van der Waals surface area contributed by atoms with E-state index in [9.17, 15) is 4.79 Å². The Labute approximate surface area is 81.4 Å². The van der Waals surface area contributed by atoms with E-state index in [4.69, 9.17) is 5.11 Å². The first-order valence-electron chi connectivity index (χ1n) is 4.10. The summed E-state index contributed by atoms with van der Waals surface area (Å²) in [5, 5.41) is 15.3. The number of thiophene rings is 1. The van der Waals surface area contributed by atoms with Gasteiger partial charge in [0.05, 0.1) is 11.7 Å². The second-order valence-electron chi connectivity index (χ2n) is 3.03. The lowest BCUT2D eigenvalue weighted by molar-refractivity contribution is 0.0924. The molecule has 0 aliphatic carbocycles. The lowest BCUT2D eigenvalue weighted by Crippen LogP contribution is -2.30. The van der Waals surface area contributed by atoms with Crippen LogP contribution in [0.4, 0.5) is 0 Å². The Bertz CT molecular complexity index is 294. The highest BCUT2D eigenvalue weighted by atomic mass is 32.1. The van der Waals surface area contributed by atoms with Gasteiger partial charge < -0.3 is 10.4 Å². The minimum Gasteiger partial charge on any atom is -0.392 e. The van der Waals surface area contributed by atoms with E-state index in [1.165, 1.54) is 11.3 Å². The molecule has 4 heteroatoms. The summed E-state index contributed by atoms with van der Waals surface area (Å²) in [6, 6.07) is 0. The second kappa shape index (κ2) is 4.39. The first kappa shape index (κ1) is 10.2. The van der Waals surface area contributed by atoms with Gasteiger partial charge in [-0.25, -0.2) is 0 Å². The van der Waals surface area contributed by atoms with Crippen LogP contribution in [0.3, 0.4) is 0 Å². The molecule has 0 saturated heterocycles. The van der Waals surface area contributed by atoms with E-state index >= 15 is 0 Å². The van der Waals surface area contributed by atoms with Crippen LogP contribution < -0.4 is 5.32 Å². The zero-order chi connectivity index (χ0) is 9.84. The van der Waals surface area contributed by atoms with Crippen molar-refractivity contribution in [2.24, 2.45) is 0 Å². The molecule has 0 aliphatic heterocycles. The van der Waals surface area contributed by atoms with E-state index in [1.807, 2.05) is 17.7 Å². The molecule has 0 saturated carbocycles. The van der Waals surface area contributed by atoms with Gasteiger partial charge in [0, 0.05) is 11.9 Å². The SMILES string of the molecule is Cc1cscc1C(=O)NC[C@H](C)O. The molecule has 0 aromatic carbocycles. The summed E-state index contributed by atoms with van der Waals surface area (Å²) in [6.07, 6.45) is -0.497. The number of amides is 1. The Hall–Kier alpha value is -0.870. The molecule has 0 spiro atoms. The topological polar surface area (TPSA) is 49.3 Å². The van der Waals surface area contributed by atoms with Crippen molar-refractivity contribution in [3.8, 4) is 0 Å². The number of rotatable bonds is 3. The number of aliphatic hydroxyl groups excluding tert-OH is 1. The second-order valence-corrected chi connectivity index (χ2v) is 3.77. The number of carbonyl (C=O) groups excluding carboxylic acids is 1. The van der Waals surface area contributed by atoms with E-state index in [0.29, 0.717) is 12.1 Å². The minimum absolute atomic E-state index is 0.111. The van der Waals surface area contributed by atoms with Crippen molar-refractivity contribution in [2.45, 2.75) is 20.0 Å². The molecule has 0 unspecified atom stereocenters. The van der Waals surface area contributed by atoms with Gasteiger partial charge in [0.2, 0.25) is 0 Å².